The molecule has 1 saturated heterocycles. The highest BCUT2D eigenvalue weighted by atomic mass is 35.5. The molecule has 2 amide bonds. The van der Waals surface area contributed by atoms with Crippen molar-refractivity contribution >= 4 is 46.4 Å². The molecule has 2 heterocycles. The minimum atomic E-state index is -1.33. The summed E-state index contributed by atoms with van der Waals surface area (Å²) in [7, 11) is 0. The van der Waals surface area contributed by atoms with Crippen LogP contribution in [0.2, 0.25) is 10.0 Å². The number of hydrogen-bond acceptors (Lipinski definition) is 5. The minimum absolute atomic E-state index is 0.0933. The molecule has 7 nitrogen and oxygen atoms in total. The molecule has 0 bridgehead atoms. The molecule has 2 aliphatic heterocycles. The maximum absolute atomic E-state index is 15.9. The number of hydrogen-bond donors (Lipinski definition) is 4. The number of carbonyl (C=O) groups is 2. The van der Waals surface area contributed by atoms with Gasteiger partial charge in [-0.15, -0.1) is 0 Å². The number of rotatable bonds is 7. The van der Waals surface area contributed by atoms with Crippen LogP contribution in [-0.2, 0) is 15.0 Å². The number of nitrogens with one attached hydrogen (secondary N) is 3. The van der Waals surface area contributed by atoms with Crippen LogP contribution < -0.4 is 20.7 Å². The van der Waals surface area contributed by atoms with Crippen molar-refractivity contribution < 1.29 is 23.8 Å². The predicted octanol–water partition coefficient (Wildman–Crippen LogP) is 5.89. The number of anilines is 2. The molecule has 0 unspecified atom stereocenters. The van der Waals surface area contributed by atoms with Gasteiger partial charge in [-0.2, -0.15) is 0 Å². The first-order chi connectivity index (χ1) is 19.5. The van der Waals surface area contributed by atoms with Crippen LogP contribution in [0.5, 0.6) is 5.75 Å². The van der Waals surface area contributed by atoms with E-state index in [0.717, 1.165) is 0 Å². The highest BCUT2D eigenvalue weighted by molar-refractivity contribution is 6.31. The van der Waals surface area contributed by atoms with Gasteiger partial charge in [-0.05, 0) is 65.4 Å². The molecule has 5 rings (SSSR count). The number of amides is 2. The van der Waals surface area contributed by atoms with E-state index < -0.39 is 35.1 Å². The Kier molecular flexibility index (Phi) is 8.05. The second-order valence-corrected chi connectivity index (χ2v) is 12.5. The van der Waals surface area contributed by atoms with Crippen LogP contribution in [0, 0.1) is 11.2 Å². The molecule has 3 aromatic rings. The van der Waals surface area contributed by atoms with Gasteiger partial charge in [0, 0.05) is 28.4 Å². The molecule has 0 aliphatic carbocycles. The number of halogens is 3. The quantitative estimate of drug-likeness (QED) is 0.271. The third-order valence-electron chi connectivity index (χ3n) is 7.70. The van der Waals surface area contributed by atoms with Crippen molar-refractivity contribution in [3.05, 3.63) is 87.7 Å². The van der Waals surface area contributed by atoms with Crippen LogP contribution in [0.1, 0.15) is 44.2 Å². The van der Waals surface area contributed by atoms with E-state index in [1.807, 2.05) is 0 Å². The van der Waals surface area contributed by atoms with Gasteiger partial charge >= 0.3 is 0 Å². The van der Waals surface area contributed by atoms with E-state index in [0.29, 0.717) is 34.1 Å². The standard InChI is InChI=1S/C31H32Cl2FN3O4/c1-30(2,3)16-24-31(21-12-7-17(32)15-23(21)36-29(31)40)25(20-5-4-6-22(33)26(20)34)27(37-24)28(39)35-18-8-10-19(11-9-18)41-14-13-38/h4-12,15,24-25,27,37-38H,13-14,16H2,1-3H3,(H,35,39)(H,36,40)/t24-,25-,27+,31+/m1/s1. The van der Waals surface area contributed by atoms with E-state index in [9.17, 15) is 9.59 Å². The summed E-state index contributed by atoms with van der Waals surface area (Å²) in [5, 5.41) is 18.7. The molecule has 0 aromatic heterocycles. The van der Waals surface area contributed by atoms with E-state index in [-0.39, 0.29) is 35.1 Å². The molecule has 216 valence electrons. The fraction of sp³-hybridized carbons (Fsp3) is 0.355. The molecule has 4 N–H and O–H groups in total. The number of fused-ring (bicyclic) bond motifs is 2. The Balaban J connectivity index is 1.64. The lowest BCUT2D eigenvalue weighted by atomic mass is 9.62. The van der Waals surface area contributed by atoms with E-state index in [1.54, 1.807) is 54.6 Å². The van der Waals surface area contributed by atoms with Gasteiger partial charge in [0.2, 0.25) is 11.8 Å². The highest BCUT2D eigenvalue weighted by Crippen LogP contribution is 2.57. The SMILES string of the molecule is CC(C)(C)C[C@H]1N[C@H](C(=O)Nc2ccc(OCCO)cc2)[C@@H](c2cccc(Cl)c2F)[C@@]12C(=O)Nc1cc(Cl)ccc12. The summed E-state index contributed by atoms with van der Waals surface area (Å²) in [5.74, 6) is -1.83. The first-order valence-corrected chi connectivity index (χ1v) is 14.2. The van der Waals surface area contributed by atoms with E-state index in [1.165, 1.54) is 6.07 Å². The van der Waals surface area contributed by atoms with Crippen LogP contribution in [0.3, 0.4) is 0 Å². The third kappa shape index (κ3) is 5.42. The number of aliphatic hydroxyl groups is 1. The summed E-state index contributed by atoms with van der Waals surface area (Å²) in [6, 6.07) is 15.0. The Morgan fingerprint density at radius 3 is 2.54 bits per heavy atom. The van der Waals surface area contributed by atoms with Gasteiger partial charge in [0.05, 0.1) is 17.7 Å². The highest BCUT2D eigenvalue weighted by Gasteiger charge is 2.66. The van der Waals surface area contributed by atoms with Gasteiger partial charge in [0.25, 0.3) is 0 Å². The fourth-order valence-corrected chi connectivity index (χ4v) is 6.52. The van der Waals surface area contributed by atoms with Gasteiger partial charge < -0.3 is 25.8 Å². The monoisotopic (exact) mass is 599 g/mol. The van der Waals surface area contributed by atoms with Crippen molar-refractivity contribution in [2.45, 2.75) is 50.6 Å². The summed E-state index contributed by atoms with van der Waals surface area (Å²) < 4.78 is 21.3. The minimum Gasteiger partial charge on any atom is -0.491 e. The number of carbonyl (C=O) groups excluding carboxylic acids is 2. The van der Waals surface area contributed by atoms with Gasteiger partial charge in [-0.25, -0.2) is 4.39 Å². The summed E-state index contributed by atoms with van der Waals surface area (Å²) in [6.45, 7) is 6.20. The normalized spacial score (nSPS) is 23.4. The topological polar surface area (TPSA) is 99.7 Å². The Morgan fingerprint density at radius 1 is 1.12 bits per heavy atom. The van der Waals surface area contributed by atoms with Crippen LogP contribution in [-0.4, -0.2) is 42.2 Å². The van der Waals surface area contributed by atoms with Gasteiger partial charge in [-0.3, -0.25) is 9.59 Å². The predicted molar refractivity (Wildman–Crippen MR) is 158 cm³/mol. The fourth-order valence-electron chi connectivity index (χ4n) is 6.17. The number of aliphatic hydroxyl groups excluding tert-OH is 1. The molecule has 0 radical (unpaired) electrons. The molecule has 1 fully saturated rings. The second kappa shape index (κ2) is 11.2. The largest absolute Gasteiger partial charge is 0.491 e. The Bertz CT molecular complexity index is 1480. The van der Waals surface area contributed by atoms with Crippen molar-refractivity contribution in [2.75, 3.05) is 23.8 Å². The average Bonchev–Trinajstić information content (AvgIpc) is 3.38. The lowest BCUT2D eigenvalue weighted by Crippen LogP contribution is -2.49. The Morgan fingerprint density at radius 2 is 1.85 bits per heavy atom. The number of benzene rings is 3. The summed E-state index contributed by atoms with van der Waals surface area (Å²) in [5.41, 5.74) is 0.284. The van der Waals surface area contributed by atoms with Crippen LogP contribution in [0.15, 0.2) is 60.7 Å². The molecule has 1 spiro atoms. The maximum atomic E-state index is 15.9. The molecule has 10 heteroatoms. The smallest absolute Gasteiger partial charge is 0.242 e. The van der Waals surface area contributed by atoms with Crippen LogP contribution in [0.4, 0.5) is 15.8 Å². The molecule has 0 saturated carbocycles. The summed E-state index contributed by atoms with van der Waals surface area (Å²) >= 11 is 12.5. The van der Waals surface area contributed by atoms with Gasteiger partial charge in [0.15, 0.2) is 0 Å². The van der Waals surface area contributed by atoms with Gasteiger partial charge in [0.1, 0.15) is 23.6 Å². The summed E-state index contributed by atoms with van der Waals surface area (Å²) in [6.07, 6.45) is 0.516. The zero-order chi connectivity index (χ0) is 29.5. The van der Waals surface area contributed by atoms with Crippen LogP contribution >= 0.6 is 23.2 Å². The molecule has 2 aliphatic rings. The Labute approximate surface area is 248 Å². The lowest BCUT2D eigenvalue weighted by Gasteiger charge is -2.37. The van der Waals surface area contributed by atoms with Crippen molar-refractivity contribution in [2.24, 2.45) is 5.41 Å². The molecule has 41 heavy (non-hydrogen) atoms. The molecule has 4 atom stereocenters. The van der Waals surface area contributed by atoms with E-state index >= 15 is 4.39 Å². The molecular weight excluding hydrogens is 568 g/mol. The van der Waals surface area contributed by atoms with E-state index in [4.69, 9.17) is 33.0 Å². The van der Waals surface area contributed by atoms with E-state index in [2.05, 4.69) is 36.7 Å². The lowest BCUT2D eigenvalue weighted by molar-refractivity contribution is -0.122. The molecular formula is C31H32Cl2FN3O4. The van der Waals surface area contributed by atoms with Gasteiger partial charge in [-0.1, -0.05) is 62.2 Å². The first-order valence-electron chi connectivity index (χ1n) is 13.4. The second-order valence-electron chi connectivity index (χ2n) is 11.7. The zero-order valence-electron chi connectivity index (χ0n) is 22.9. The van der Waals surface area contributed by atoms with Crippen molar-refractivity contribution in [1.29, 1.82) is 0 Å². The first kappa shape index (κ1) is 29.3. The molecule has 3 aromatic carbocycles. The summed E-state index contributed by atoms with van der Waals surface area (Å²) in [4.78, 5) is 28.2. The number of ether oxygens (including phenoxy) is 1. The van der Waals surface area contributed by atoms with Crippen molar-refractivity contribution in [3.8, 4) is 5.75 Å². The maximum Gasteiger partial charge on any atom is 0.242 e. The Hall–Kier alpha value is -3.17. The zero-order valence-corrected chi connectivity index (χ0v) is 24.4. The average molecular weight is 601 g/mol. The van der Waals surface area contributed by atoms with Crippen molar-refractivity contribution in [1.82, 2.24) is 5.32 Å². The van der Waals surface area contributed by atoms with Crippen LogP contribution in [0.25, 0.3) is 0 Å². The van der Waals surface area contributed by atoms with Crippen molar-refractivity contribution in [3.63, 3.8) is 0 Å². The third-order valence-corrected chi connectivity index (χ3v) is 8.23.